The lowest BCUT2D eigenvalue weighted by Gasteiger charge is -2.25. The first-order valence-corrected chi connectivity index (χ1v) is 8.83. The number of carboxylic acid groups (broad SMARTS) is 1. The molecule has 1 atom stereocenters. The lowest BCUT2D eigenvalue weighted by molar-refractivity contribution is -0.138. The lowest BCUT2D eigenvalue weighted by Crippen LogP contribution is -2.36. The number of carboxylic acids is 1. The zero-order valence-electron chi connectivity index (χ0n) is 15.0. The minimum absolute atomic E-state index is 0.0131. The summed E-state index contributed by atoms with van der Waals surface area (Å²) in [5.74, 6) is -3.57. The van der Waals surface area contributed by atoms with E-state index >= 15 is 0 Å². The Hall–Kier alpha value is -3.88. The van der Waals surface area contributed by atoms with E-state index in [2.05, 4.69) is 0 Å². The van der Waals surface area contributed by atoms with E-state index in [4.69, 9.17) is 4.42 Å². The lowest BCUT2D eigenvalue weighted by atomic mass is 10.1. The van der Waals surface area contributed by atoms with Crippen molar-refractivity contribution < 1.29 is 34.7 Å². The van der Waals surface area contributed by atoms with Crippen molar-refractivity contribution in [2.45, 2.75) is 18.9 Å². The molecule has 0 amide bonds. The molecule has 1 saturated heterocycles. The Bertz CT molecular complexity index is 1180. The minimum Gasteiger partial charge on any atom is -0.508 e. The molecule has 2 aromatic carbocycles. The molecule has 4 rings (SSSR count). The molecule has 1 aliphatic rings. The van der Waals surface area contributed by atoms with Crippen molar-refractivity contribution >= 4 is 22.6 Å². The van der Waals surface area contributed by atoms with Crippen molar-refractivity contribution in [3.8, 4) is 34.3 Å². The van der Waals surface area contributed by atoms with Gasteiger partial charge in [-0.1, -0.05) is 0 Å². The van der Waals surface area contributed by atoms with Gasteiger partial charge < -0.3 is 34.8 Å². The smallest absolute Gasteiger partial charge is 0.326 e. The maximum atomic E-state index is 12.7. The molecule has 0 unspecified atom stereocenters. The van der Waals surface area contributed by atoms with Crippen LogP contribution in [0.1, 0.15) is 12.8 Å². The fourth-order valence-corrected chi connectivity index (χ4v) is 3.66. The van der Waals surface area contributed by atoms with Crippen molar-refractivity contribution in [3.05, 3.63) is 40.6 Å². The Morgan fingerprint density at radius 3 is 2.38 bits per heavy atom. The molecule has 0 radical (unpaired) electrons. The van der Waals surface area contributed by atoms with Gasteiger partial charge in [-0.3, -0.25) is 4.79 Å². The van der Waals surface area contributed by atoms with E-state index in [1.807, 2.05) is 0 Å². The first kappa shape index (κ1) is 18.5. The average Bonchev–Trinajstić information content (AvgIpc) is 3.16. The minimum atomic E-state index is -1.13. The number of benzene rings is 2. The van der Waals surface area contributed by atoms with Crippen LogP contribution in [0.3, 0.4) is 0 Å². The summed E-state index contributed by atoms with van der Waals surface area (Å²) >= 11 is 0. The highest BCUT2D eigenvalue weighted by molar-refractivity contribution is 6.01. The number of anilines is 1. The van der Waals surface area contributed by atoms with E-state index in [0.717, 1.165) is 6.07 Å². The number of fused-ring (bicyclic) bond motifs is 1. The molecule has 29 heavy (non-hydrogen) atoms. The van der Waals surface area contributed by atoms with Gasteiger partial charge in [0.2, 0.25) is 5.75 Å². The molecule has 9 heteroatoms. The normalized spacial score (nSPS) is 16.4. The Morgan fingerprint density at radius 1 is 1.03 bits per heavy atom. The van der Waals surface area contributed by atoms with Gasteiger partial charge in [0.25, 0.3) is 0 Å². The fourth-order valence-electron chi connectivity index (χ4n) is 3.66. The van der Waals surface area contributed by atoms with Crippen LogP contribution in [0, 0.1) is 0 Å². The molecular weight excluding hydrogens is 382 g/mol. The summed E-state index contributed by atoms with van der Waals surface area (Å²) in [7, 11) is 0. The summed E-state index contributed by atoms with van der Waals surface area (Å²) in [5.41, 5.74) is -0.648. The molecule has 1 aliphatic heterocycles. The summed E-state index contributed by atoms with van der Waals surface area (Å²) in [6, 6.07) is 5.92. The Balaban J connectivity index is 2.05. The molecule has 2 heterocycles. The SMILES string of the molecule is O=C(O)[C@@H]1CCCN1c1c(O)c(O)c(O)c2c(=O)cc(-c3ccc(O)cc3)oc12. The van der Waals surface area contributed by atoms with Gasteiger partial charge in [0.05, 0.1) is 0 Å². The third-order valence-corrected chi connectivity index (χ3v) is 5.05. The second-order valence-electron chi connectivity index (χ2n) is 6.81. The number of rotatable bonds is 3. The predicted octanol–water partition coefficient (Wildman–Crippen LogP) is 2.34. The molecule has 0 aliphatic carbocycles. The first-order valence-electron chi connectivity index (χ1n) is 8.83. The van der Waals surface area contributed by atoms with Gasteiger partial charge in [-0.2, -0.15) is 0 Å². The van der Waals surface area contributed by atoms with E-state index in [1.54, 1.807) is 0 Å². The Kier molecular flexibility index (Phi) is 4.22. The fraction of sp³-hybridized carbons (Fsp3) is 0.200. The van der Waals surface area contributed by atoms with Gasteiger partial charge in [-0.25, -0.2) is 4.79 Å². The van der Waals surface area contributed by atoms with Crippen molar-refractivity contribution in [1.29, 1.82) is 0 Å². The van der Waals surface area contributed by atoms with Crippen LogP contribution in [-0.2, 0) is 4.79 Å². The summed E-state index contributed by atoms with van der Waals surface area (Å²) in [4.78, 5) is 25.7. The third-order valence-electron chi connectivity index (χ3n) is 5.05. The van der Waals surface area contributed by atoms with Crippen molar-refractivity contribution in [2.24, 2.45) is 0 Å². The van der Waals surface area contributed by atoms with Crippen LogP contribution in [-0.4, -0.2) is 44.1 Å². The predicted molar refractivity (Wildman–Crippen MR) is 103 cm³/mol. The maximum Gasteiger partial charge on any atom is 0.326 e. The number of phenols is 4. The molecule has 0 saturated carbocycles. The van der Waals surface area contributed by atoms with Crippen LogP contribution in [0.25, 0.3) is 22.3 Å². The van der Waals surface area contributed by atoms with Crippen LogP contribution in [0.15, 0.2) is 39.5 Å². The highest BCUT2D eigenvalue weighted by Gasteiger charge is 2.36. The summed E-state index contributed by atoms with van der Waals surface area (Å²) in [6.45, 7) is 0.247. The quantitative estimate of drug-likeness (QED) is 0.418. The summed E-state index contributed by atoms with van der Waals surface area (Å²) in [6.07, 6.45) is 0.821. The molecule has 9 nitrogen and oxygen atoms in total. The van der Waals surface area contributed by atoms with Crippen LogP contribution < -0.4 is 10.3 Å². The molecule has 0 spiro atoms. The molecular formula is C20H17NO8. The zero-order valence-corrected chi connectivity index (χ0v) is 15.0. The Morgan fingerprint density at radius 2 is 1.72 bits per heavy atom. The zero-order chi connectivity index (χ0) is 20.9. The van der Waals surface area contributed by atoms with E-state index in [0.29, 0.717) is 18.4 Å². The van der Waals surface area contributed by atoms with E-state index in [9.17, 15) is 35.1 Å². The number of hydrogen-bond donors (Lipinski definition) is 5. The molecule has 1 aromatic heterocycles. The first-order chi connectivity index (χ1) is 13.8. The summed E-state index contributed by atoms with van der Waals surface area (Å²) < 4.78 is 5.81. The van der Waals surface area contributed by atoms with Crippen LogP contribution >= 0.6 is 0 Å². The number of phenolic OH excluding ortho intramolecular Hbond substituents is 4. The second-order valence-corrected chi connectivity index (χ2v) is 6.81. The topological polar surface area (TPSA) is 152 Å². The van der Waals surface area contributed by atoms with Gasteiger partial charge in [-0.05, 0) is 37.1 Å². The standard InChI is InChI=1S/C20H17NO8/c22-10-5-3-9(4-6-10)13-8-12(23)14-16(24)18(26)17(25)15(19(14)29-13)21-7-1-2-11(21)20(27)28/h3-6,8,11,22,24-26H,1-2,7H2,(H,27,28)/t11-/m0/s1. The van der Waals surface area contributed by atoms with Crippen molar-refractivity contribution in [3.63, 3.8) is 0 Å². The van der Waals surface area contributed by atoms with Crippen LogP contribution in [0.5, 0.6) is 23.0 Å². The van der Waals surface area contributed by atoms with E-state index in [1.165, 1.54) is 29.2 Å². The molecule has 3 aromatic rings. The number of hydrogen-bond acceptors (Lipinski definition) is 8. The highest BCUT2D eigenvalue weighted by Crippen LogP contribution is 2.50. The monoisotopic (exact) mass is 399 g/mol. The van der Waals surface area contributed by atoms with E-state index in [-0.39, 0.29) is 34.7 Å². The Labute approximate surface area is 163 Å². The van der Waals surface area contributed by atoms with Crippen LogP contribution in [0.4, 0.5) is 5.69 Å². The number of aromatic hydroxyl groups is 4. The third kappa shape index (κ3) is 2.87. The van der Waals surface area contributed by atoms with Crippen molar-refractivity contribution in [2.75, 3.05) is 11.4 Å². The van der Waals surface area contributed by atoms with Gasteiger partial charge in [0.1, 0.15) is 28.6 Å². The average molecular weight is 399 g/mol. The van der Waals surface area contributed by atoms with E-state index < -0.39 is 34.7 Å². The number of nitrogens with zero attached hydrogens (tertiary/aromatic N) is 1. The molecule has 1 fully saturated rings. The van der Waals surface area contributed by atoms with Gasteiger partial charge >= 0.3 is 5.97 Å². The number of aliphatic carboxylic acids is 1. The van der Waals surface area contributed by atoms with Gasteiger partial charge in [0.15, 0.2) is 22.5 Å². The molecule has 150 valence electrons. The van der Waals surface area contributed by atoms with Crippen molar-refractivity contribution in [1.82, 2.24) is 0 Å². The maximum absolute atomic E-state index is 12.7. The van der Waals surface area contributed by atoms with Gasteiger partial charge in [-0.15, -0.1) is 0 Å². The molecule has 0 bridgehead atoms. The number of carbonyl (C=O) groups is 1. The van der Waals surface area contributed by atoms with Crippen LogP contribution in [0.2, 0.25) is 0 Å². The largest absolute Gasteiger partial charge is 0.508 e. The van der Waals surface area contributed by atoms with Gasteiger partial charge in [0, 0.05) is 18.2 Å². The second kappa shape index (κ2) is 6.62. The summed E-state index contributed by atoms with van der Waals surface area (Å²) in [5, 5.41) is 49.4. The molecule has 5 N–H and O–H groups in total. The highest BCUT2D eigenvalue weighted by atomic mass is 16.4.